The Bertz CT molecular complexity index is 2530. The molecular weight excluding hydrogens is 542 g/mol. The highest BCUT2D eigenvalue weighted by atomic mass is 15.1. The lowest BCUT2D eigenvalue weighted by molar-refractivity contribution is 1.29. The zero-order chi connectivity index (χ0) is 29.7. The molecular formula is C44H29N. The summed E-state index contributed by atoms with van der Waals surface area (Å²) < 4.78 is 0. The summed E-state index contributed by atoms with van der Waals surface area (Å²) in [5, 5.41) is 12.7. The number of nitrogens with zero attached hydrogens (tertiary/aromatic N) is 1. The third-order valence-corrected chi connectivity index (χ3v) is 9.19. The van der Waals surface area contributed by atoms with Crippen molar-refractivity contribution in [3.8, 4) is 11.1 Å². The molecule has 0 radical (unpaired) electrons. The molecule has 0 amide bonds. The minimum absolute atomic E-state index is 1.12. The van der Waals surface area contributed by atoms with Gasteiger partial charge in [0.2, 0.25) is 0 Å². The molecule has 0 fully saturated rings. The molecule has 1 nitrogen and oxygen atoms in total. The SMILES string of the molecule is c1ccc(-c2ccc(N(c3ccc4c(ccc5ccc6ccccc6c54)c3)c3ccc4ccc5ccccc5c4c3)cc2)cc1. The first-order valence-corrected chi connectivity index (χ1v) is 15.5. The van der Waals surface area contributed by atoms with Crippen molar-refractivity contribution in [2.75, 3.05) is 4.90 Å². The van der Waals surface area contributed by atoms with Gasteiger partial charge in [-0.05, 0) is 101 Å². The lowest BCUT2D eigenvalue weighted by Gasteiger charge is -2.27. The van der Waals surface area contributed by atoms with E-state index in [4.69, 9.17) is 0 Å². The van der Waals surface area contributed by atoms with E-state index in [1.807, 2.05) is 0 Å². The molecule has 0 spiro atoms. The fourth-order valence-electron chi connectivity index (χ4n) is 6.97. The molecule has 0 N–H and O–H groups in total. The summed E-state index contributed by atoms with van der Waals surface area (Å²) >= 11 is 0. The van der Waals surface area contributed by atoms with E-state index in [0.29, 0.717) is 0 Å². The van der Waals surface area contributed by atoms with Crippen LogP contribution in [0.2, 0.25) is 0 Å². The van der Waals surface area contributed by atoms with E-state index in [-0.39, 0.29) is 0 Å². The Labute approximate surface area is 262 Å². The van der Waals surface area contributed by atoms with E-state index in [1.165, 1.54) is 65.0 Å². The monoisotopic (exact) mass is 571 g/mol. The maximum absolute atomic E-state index is 2.39. The average molecular weight is 572 g/mol. The van der Waals surface area contributed by atoms with Crippen LogP contribution in [0, 0.1) is 0 Å². The lowest BCUT2D eigenvalue weighted by Crippen LogP contribution is -2.10. The average Bonchev–Trinajstić information content (AvgIpc) is 3.12. The second kappa shape index (κ2) is 10.4. The molecule has 210 valence electrons. The Kier molecular flexibility index (Phi) is 5.89. The summed E-state index contributed by atoms with van der Waals surface area (Å²) in [6, 6.07) is 64.1. The van der Waals surface area contributed by atoms with Crippen LogP contribution in [0.4, 0.5) is 17.1 Å². The van der Waals surface area contributed by atoms with Gasteiger partial charge in [0, 0.05) is 17.1 Å². The van der Waals surface area contributed by atoms with Gasteiger partial charge in [0.25, 0.3) is 0 Å². The highest BCUT2D eigenvalue weighted by Gasteiger charge is 2.16. The van der Waals surface area contributed by atoms with Crippen LogP contribution < -0.4 is 4.90 Å². The molecule has 9 aromatic rings. The van der Waals surface area contributed by atoms with E-state index < -0.39 is 0 Å². The molecule has 0 unspecified atom stereocenters. The fourth-order valence-corrected chi connectivity index (χ4v) is 6.97. The zero-order valence-corrected chi connectivity index (χ0v) is 24.7. The number of fused-ring (bicyclic) bond motifs is 8. The van der Waals surface area contributed by atoms with Crippen LogP contribution in [0.5, 0.6) is 0 Å². The zero-order valence-electron chi connectivity index (χ0n) is 24.7. The quantitative estimate of drug-likeness (QED) is 0.190. The van der Waals surface area contributed by atoms with Gasteiger partial charge >= 0.3 is 0 Å². The molecule has 0 saturated heterocycles. The van der Waals surface area contributed by atoms with Crippen molar-refractivity contribution in [1.29, 1.82) is 0 Å². The third-order valence-electron chi connectivity index (χ3n) is 9.19. The van der Waals surface area contributed by atoms with E-state index in [2.05, 4.69) is 181 Å². The maximum atomic E-state index is 2.39. The lowest BCUT2D eigenvalue weighted by atomic mass is 9.96. The molecule has 0 aliphatic heterocycles. The number of rotatable bonds is 4. The van der Waals surface area contributed by atoms with E-state index in [9.17, 15) is 0 Å². The molecule has 0 aliphatic carbocycles. The number of anilines is 3. The maximum Gasteiger partial charge on any atom is 0.0468 e. The molecule has 1 heteroatoms. The molecule has 0 bridgehead atoms. The summed E-state index contributed by atoms with van der Waals surface area (Å²) in [5.41, 5.74) is 5.82. The third kappa shape index (κ3) is 4.32. The van der Waals surface area contributed by atoms with E-state index >= 15 is 0 Å². The Hall–Kier alpha value is -5.92. The van der Waals surface area contributed by atoms with Gasteiger partial charge < -0.3 is 4.90 Å². The van der Waals surface area contributed by atoms with Crippen molar-refractivity contribution in [3.05, 3.63) is 176 Å². The molecule has 0 aliphatic rings. The van der Waals surface area contributed by atoms with Crippen molar-refractivity contribution >= 4 is 70.9 Å². The molecule has 9 rings (SSSR count). The van der Waals surface area contributed by atoms with Gasteiger partial charge in [-0.3, -0.25) is 0 Å². The largest absolute Gasteiger partial charge is 0.310 e. The molecule has 0 atom stereocenters. The van der Waals surface area contributed by atoms with Gasteiger partial charge in [-0.1, -0.05) is 140 Å². The van der Waals surface area contributed by atoms with Crippen LogP contribution in [-0.4, -0.2) is 0 Å². The Balaban J connectivity index is 1.26. The van der Waals surface area contributed by atoms with Gasteiger partial charge in [0.1, 0.15) is 0 Å². The Morgan fingerprint density at radius 1 is 0.267 bits per heavy atom. The minimum Gasteiger partial charge on any atom is -0.310 e. The summed E-state index contributed by atoms with van der Waals surface area (Å²) in [7, 11) is 0. The standard InChI is InChI=1S/C44H29N/c1-2-8-30(9-3-1)31-20-23-37(24-21-31)45(39-25-22-34-15-14-32-10-4-6-12-40(32)43(34)29-39)38-26-27-42-36(28-38)19-18-35-17-16-33-11-5-7-13-41(33)44(35)42/h1-29H. The van der Waals surface area contributed by atoms with Crippen LogP contribution in [0.1, 0.15) is 0 Å². The highest BCUT2D eigenvalue weighted by molar-refractivity contribution is 6.20. The van der Waals surface area contributed by atoms with Crippen molar-refractivity contribution in [2.45, 2.75) is 0 Å². The first-order valence-electron chi connectivity index (χ1n) is 15.5. The van der Waals surface area contributed by atoms with Crippen molar-refractivity contribution in [3.63, 3.8) is 0 Å². The van der Waals surface area contributed by atoms with Crippen molar-refractivity contribution in [1.82, 2.24) is 0 Å². The van der Waals surface area contributed by atoms with Crippen LogP contribution in [0.15, 0.2) is 176 Å². The van der Waals surface area contributed by atoms with Crippen LogP contribution in [-0.2, 0) is 0 Å². The molecule has 0 saturated carbocycles. The molecule has 45 heavy (non-hydrogen) atoms. The number of hydrogen-bond donors (Lipinski definition) is 0. The van der Waals surface area contributed by atoms with Crippen LogP contribution in [0.3, 0.4) is 0 Å². The van der Waals surface area contributed by atoms with Crippen molar-refractivity contribution < 1.29 is 0 Å². The molecule has 9 aromatic carbocycles. The predicted octanol–water partition coefficient (Wildman–Crippen LogP) is 12.6. The summed E-state index contributed by atoms with van der Waals surface area (Å²) in [6.07, 6.45) is 0. The first-order chi connectivity index (χ1) is 22.3. The summed E-state index contributed by atoms with van der Waals surface area (Å²) in [6.45, 7) is 0. The topological polar surface area (TPSA) is 3.24 Å². The summed E-state index contributed by atoms with van der Waals surface area (Å²) in [5.74, 6) is 0. The van der Waals surface area contributed by atoms with Gasteiger partial charge in [0.05, 0.1) is 0 Å². The van der Waals surface area contributed by atoms with Crippen LogP contribution in [0.25, 0.3) is 65.0 Å². The normalized spacial score (nSPS) is 11.6. The minimum atomic E-state index is 1.12. The van der Waals surface area contributed by atoms with Gasteiger partial charge in [-0.25, -0.2) is 0 Å². The highest BCUT2D eigenvalue weighted by Crippen LogP contribution is 2.41. The van der Waals surface area contributed by atoms with Gasteiger partial charge in [-0.2, -0.15) is 0 Å². The second-order valence-corrected chi connectivity index (χ2v) is 11.8. The Morgan fingerprint density at radius 2 is 0.756 bits per heavy atom. The number of hydrogen-bond acceptors (Lipinski definition) is 1. The van der Waals surface area contributed by atoms with Gasteiger partial charge in [-0.15, -0.1) is 0 Å². The molecule has 0 heterocycles. The van der Waals surface area contributed by atoms with E-state index in [1.54, 1.807) is 0 Å². The van der Waals surface area contributed by atoms with Crippen LogP contribution >= 0.6 is 0 Å². The number of benzene rings is 9. The smallest absolute Gasteiger partial charge is 0.0468 e. The predicted molar refractivity (Wildman–Crippen MR) is 194 cm³/mol. The van der Waals surface area contributed by atoms with Crippen molar-refractivity contribution in [2.24, 2.45) is 0 Å². The summed E-state index contributed by atoms with van der Waals surface area (Å²) in [4.78, 5) is 2.39. The van der Waals surface area contributed by atoms with Gasteiger partial charge in [0.15, 0.2) is 0 Å². The van der Waals surface area contributed by atoms with E-state index in [0.717, 1.165) is 17.1 Å². The second-order valence-electron chi connectivity index (χ2n) is 11.8. The first kappa shape index (κ1) is 25.6. The fraction of sp³-hybridized carbons (Fsp3) is 0. The Morgan fingerprint density at radius 3 is 1.53 bits per heavy atom. The molecule has 0 aromatic heterocycles.